The molecule has 0 saturated carbocycles. The molecule has 9 heteroatoms. The van der Waals surface area contributed by atoms with Crippen LogP contribution in [0.2, 0.25) is 5.02 Å². The molecule has 0 aliphatic carbocycles. The molecule has 23 heavy (non-hydrogen) atoms. The molecule has 1 aromatic carbocycles. The first-order valence-corrected chi connectivity index (χ1v) is 7.39. The molecule has 1 fully saturated rings. The summed E-state index contributed by atoms with van der Waals surface area (Å²) in [6.45, 7) is 3.28. The normalized spacial score (nSPS) is 14.9. The molecule has 1 aliphatic rings. The van der Waals surface area contributed by atoms with Crippen molar-refractivity contribution in [1.82, 2.24) is 20.7 Å². The van der Waals surface area contributed by atoms with Crippen LogP contribution in [0.1, 0.15) is 6.99 Å². The first-order chi connectivity index (χ1) is 10.5. The molecule has 7 nitrogen and oxygen atoms in total. The summed E-state index contributed by atoms with van der Waals surface area (Å²) >= 11 is 5.86. The predicted octanol–water partition coefficient (Wildman–Crippen LogP) is -2.13. The van der Waals surface area contributed by atoms with Gasteiger partial charge >= 0.3 is 41.6 Å². The molecule has 1 saturated heterocycles. The molecular formula is C14H20ClN4NaO3. The predicted molar refractivity (Wildman–Crippen MR) is 83.6 cm³/mol. The van der Waals surface area contributed by atoms with E-state index in [0.717, 1.165) is 24.7 Å². The number of hydrogen-bond acceptors (Lipinski definition) is 4. The SMILES string of the molecule is O=C(O)CNNC(=O)N1CCN(Cc2ccc(Cl)cc2)CC1.[H-].[Na+]. The Kier molecular flexibility index (Phi) is 8.90. The van der Waals surface area contributed by atoms with Crippen LogP contribution in [0.25, 0.3) is 0 Å². The largest absolute Gasteiger partial charge is 1.00 e. The molecule has 0 unspecified atom stereocenters. The molecule has 1 aliphatic heterocycles. The number of amides is 2. The second-order valence-electron chi connectivity index (χ2n) is 5.07. The fourth-order valence-corrected chi connectivity index (χ4v) is 2.36. The first kappa shape index (κ1) is 20.2. The second-order valence-corrected chi connectivity index (χ2v) is 5.50. The number of nitrogens with one attached hydrogen (secondary N) is 2. The van der Waals surface area contributed by atoms with Gasteiger partial charge in [0.05, 0.1) is 0 Å². The molecule has 0 spiro atoms. The number of rotatable bonds is 5. The number of carboxylic acids is 1. The summed E-state index contributed by atoms with van der Waals surface area (Å²) in [5.41, 5.74) is 5.93. The van der Waals surface area contributed by atoms with E-state index in [1.54, 1.807) is 4.90 Å². The number of piperazine rings is 1. The van der Waals surface area contributed by atoms with Crippen LogP contribution in [0.3, 0.4) is 0 Å². The number of carbonyl (C=O) groups excluding carboxylic acids is 1. The summed E-state index contributed by atoms with van der Waals surface area (Å²) in [4.78, 5) is 26.1. The zero-order valence-corrected chi connectivity index (χ0v) is 15.8. The second kappa shape index (κ2) is 10.1. The Morgan fingerprint density at radius 3 is 2.35 bits per heavy atom. The minimum absolute atomic E-state index is 0. The number of aliphatic carboxylic acids is 1. The summed E-state index contributed by atoms with van der Waals surface area (Å²) < 4.78 is 0. The Hall–Kier alpha value is -0.830. The monoisotopic (exact) mass is 350 g/mol. The van der Waals surface area contributed by atoms with Gasteiger partial charge in [-0.1, -0.05) is 23.7 Å². The summed E-state index contributed by atoms with van der Waals surface area (Å²) in [5, 5.41) is 9.21. The summed E-state index contributed by atoms with van der Waals surface area (Å²) in [6.07, 6.45) is 0. The zero-order valence-electron chi connectivity index (χ0n) is 14.1. The number of nitrogens with zero attached hydrogens (tertiary/aromatic N) is 2. The summed E-state index contributed by atoms with van der Waals surface area (Å²) in [5.74, 6) is -1.02. The number of hydrazine groups is 1. The van der Waals surface area contributed by atoms with E-state index in [0.29, 0.717) is 13.1 Å². The van der Waals surface area contributed by atoms with Gasteiger partial charge in [0.2, 0.25) is 0 Å². The van der Waals surface area contributed by atoms with Crippen LogP contribution in [0.5, 0.6) is 0 Å². The van der Waals surface area contributed by atoms with Crippen molar-refractivity contribution in [3.05, 3.63) is 34.9 Å². The number of urea groups is 1. The Bertz CT molecular complexity index is 527. The van der Waals surface area contributed by atoms with E-state index >= 15 is 0 Å². The Morgan fingerprint density at radius 2 is 1.78 bits per heavy atom. The van der Waals surface area contributed by atoms with E-state index in [2.05, 4.69) is 15.8 Å². The first-order valence-electron chi connectivity index (χ1n) is 7.01. The standard InChI is InChI=1S/C14H19ClN4O3.Na.H/c15-12-3-1-11(2-4-12)10-18-5-7-19(8-6-18)14(22)17-16-9-13(20)21;;/h1-4,16H,5-10H2,(H,17,22)(H,20,21);;/q;+1;-1. The average Bonchev–Trinajstić information content (AvgIpc) is 2.50. The van der Waals surface area contributed by atoms with E-state index in [1.165, 1.54) is 5.56 Å². The third-order valence-corrected chi connectivity index (χ3v) is 3.67. The molecule has 1 aromatic rings. The number of halogens is 1. The number of carboxylic acid groups (broad SMARTS) is 1. The van der Waals surface area contributed by atoms with E-state index in [4.69, 9.17) is 16.7 Å². The number of carbonyl (C=O) groups is 2. The zero-order chi connectivity index (χ0) is 15.9. The van der Waals surface area contributed by atoms with Gasteiger partial charge in [-0.3, -0.25) is 15.1 Å². The van der Waals surface area contributed by atoms with Gasteiger partial charge < -0.3 is 11.4 Å². The van der Waals surface area contributed by atoms with Crippen molar-refractivity contribution >= 4 is 23.6 Å². The van der Waals surface area contributed by atoms with Gasteiger partial charge in [0, 0.05) is 37.7 Å². The maximum Gasteiger partial charge on any atom is 1.00 e. The molecule has 2 amide bonds. The summed E-state index contributed by atoms with van der Waals surface area (Å²) in [7, 11) is 0. The van der Waals surface area contributed by atoms with Gasteiger partial charge in [0.15, 0.2) is 0 Å². The van der Waals surface area contributed by atoms with Crippen molar-refractivity contribution in [3.8, 4) is 0 Å². The van der Waals surface area contributed by atoms with Gasteiger partial charge in [-0.05, 0) is 17.7 Å². The fraction of sp³-hybridized carbons (Fsp3) is 0.429. The van der Waals surface area contributed by atoms with E-state index in [-0.39, 0.29) is 43.6 Å². The van der Waals surface area contributed by atoms with Gasteiger partial charge in [-0.25, -0.2) is 10.2 Å². The molecule has 0 aromatic heterocycles. The quantitative estimate of drug-likeness (QED) is 0.417. The van der Waals surface area contributed by atoms with Gasteiger partial charge in [-0.15, -0.1) is 0 Å². The Morgan fingerprint density at radius 1 is 1.17 bits per heavy atom. The third kappa shape index (κ3) is 7.07. The van der Waals surface area contributed by atoms with Crippen molar-refractivity contribution < 1.29 is 45.7 Å². The topological polar surface area (TPSA) is 84.9 Å². The average molecular weight is 351 g/mol. The molecule has 0 bridgehead atoms. The molecule has 1 heterocycles. The van der Waals surface area contributed by atoms with Crippen LogP contribution >= 0.6 is 11.6 Å². The Balaban J connectivity index is 0.00000264. The van der Waals surface area contributed by atoms with E-state index in [9.17, 15) is 9.59 Å². The van der Waals surface area contributed by atoms with Crippen LogP contribution in [-0.2, 0) is 11.3 Å². The Labute approximate surface area is 163 Å². The van der Waals surface area contributed by atoms with Crippen LogP contribution in [0.4, 0.5) is 4.79 Å². The minimum Gasteiger partial charge on any atom is -1.00 e. The molecule has 0 radical (unpaired) electrons. The van der Waals surface area contributed by atoms with Crippen molar-refractivity contribution in [1.29, 1.82) is 0 Å². The maximum atomic E-state index is 11.8. The molecule has 0 atom stereocenters. The maximum absolute atomic E-state index is 11.8. The van der Waals surface area contributed by atoms with Crippen molar-refractivity contribution in [2.75, 3.05) is 32.7 Å². The van der Waals surface area contributed by atoms with Crippen molar-refractivity contribution in [3.63, 3.8) is 0 Å². The summed E-state index contributed by atoms with van der Waals surface area (Å²) in [6, 6.07) is 7.44. The van der Waals surface area contributed by atoms with Crippen LogP contribution in [0.15, 0.2) is 24.3 Å². The number of benzene rings is 1. The van der Waals surface area contributed by atoms with Crippen molar-refractivity contribution in [2.45, 2.75) is 6.54 Å². The van der Waals surface area contributed by atoms with Crippen LogP contribution in [0, 0.1) is 0 Å². The number of hydrogen-bond donors (Lipinski definition) is 3. The smallest absolute Gasteiger partial charge is 1.00 e. The van der Waals surface area contributed by atoms with Gasteiger partial charge in [0.1, 0.15) is 6.54 Å². The van der Waals surface area contributed by atoms with Gasteiger partial charge in [0.25, 0.3) is 0 Å². The molecule has 2 rings (SSSR count). The van der Waals surface area contributed by atoms with Crippen molar-refractivity contribution in [2.24, 2.45) is 0 Å². The van der Waals surface area contributed by atoms with E-state index in [1.807, 2.05) is 24.3 Å². The molecular weight excluding hydrogens is 331 g/mol. The molecule has 122 valence electrons. The van der Waals surface area contributed by atoms with E-state index < -0.39 is 5.97 Å². The van der Waals surface area contributed by atoms with Gasteiger partial charge in [-0.2, -0.15) is 0 Å². The fourth-order valence-electron chi connectivity index (χ4n) is 2.23. The minimum atomic E-state index is -1.02. The molecule has 3 N–H and O–H groups in total. The van der Waals surface area contributed by atoms with Crippen LogP contribution < -0.4 is 40.4 Å². The van der Waals surface area contributed by atoms with Crippen LogP contribution in [-0.4, -0.2) is 59.6 Å². The third-order valence-electron chi connectivity index (χ3n) is 3.41.